The van der Waals surface area contributed by atoms with E-state index >= 15 is 0 Å². The molecule has 0 saturated carbocycles. The molecule has 0 aliphatic heterocycles. The minimum Gasteiger partial charge on any atom is -0.329 e. The van der Waals surface area contributed by atoms with Crippen LogP contribution in [0.15, 0.2) is 30.3 Å². The predicted molar refractivity (Wildman–Crippen MR) is 80.4 cm³/mol. The molecule has 0 atom stereocenters. The van der Waals surface area contributed by atoms with E-state index in [1.54, 1.807) is 0 Å². The van der Waals surface area contributed by atoms with Gasteiger partial charge in [0, 0.05) is 24.2 Å². The van der Waals surface area contributed by atoms with Gasteiger partial charge in [0.1, 0.15) is 16.8 Å². The summed E-state index contributed by atoms with van der Waals surface area (Å²) in [5.41, 5.74) is 1.98. The second-order valence-electron chi connectivity index (χ2n) is 4.87. The Kier molecular flexibility index (Phi) is 4.05. The van der Waals surface area contributed by atoms with Crippen LogP contribution in [0.4, 0.5) is 11.5 Å². The monoisotopic (exact) mass is 275 g/mol. The Hall–Kier alpha value is -1.61. The average molecular weight is 276 g/mol. The minimum atomic E-state index is 0.251. The SMILES string of the molecule is Cc1c(Cl)nc(C(C)C)nc1N(C)c1ccccc1. The standard InChI is InChI=1S/C15H18ClN3/c1-10(2)14-17-13(16)11(3)15(18-14)19(4)12-8-6-5-7-9-12/h5-10H,1-4H3. The zero-order valence-corrected chi connectivity index (χ0v) is 12.4. The van der Waals surface area contributed by atoms with Crippen molar-refractivity contribution in [3.8, 4) is 0 Å². The highest BCUT2D eigenvalue weighted by Crippen LogP contribution is 2.29. The molecule has 0 amide bonds. The summed E-state index contributed by atoms with van der Waals surface area (Å²) in [5.74, 6) is 1.88. The van der Waals surface area contributed by atoms with Gasteiger partial charge in [0.15, 0.2) is 0 Å². The number of nitrogens with zero attached hydrogens (tertiary/aromatic N) is 3. The number of halogens is 1. The Bertz CT molecular complexity index is 567. The summed E-state index contributed by atoms with van der Waals surface area (Å²) in [5, 5.41) is 0.525. The van der Waals surface area contributed by atoms with E-state index in [0.717, 1.165) is 22.9 Å². The van der Waals surface area contributed by atoms with Gasteiger partial charge in [0.05, 0.1) is 0 Å². The van der Waals surface area contributed by atoms with Gasteiger partial charge >= 0.3 is 0 Å². The fourth-order valence-electron chi connectivity index (χ4n) is 1.85. The Balaban J connectivity index is 2.49. The van der Waals surface area contributed by atoms with Crippen LogP contribution >= 0.6 is 11.6 Å². The van der Waals surface area contributed by atoms with Gasteiger partial charge in [-0.3, -0.25) is 0 Å². The Morgan fingerprint density at radius 3 is 2.32 bits per heavy atom. The number of aromatic nitrogens is 2. The molecule has 0 unspecified atom stereocenters. The number of anilines is 2. The zero-order chi connectivity index (χ0) is 14.0. The van der Waals surface area contributed by atoms with Crippen LogP contribution in [-0.2, 0) is 0 Å². The van der Waals surface area contributed by atoms with E-state index in [-0.39, 0.29) is 5.92 Å². The van der Waals surface area contributed by atoms with Crippen molar-refractivity contribution in [2.24, 2.45) is 0 Å². The topological polar surface area (TPSA) is 29.0 Å². The highest BCUT2D eigenvalue weighted by Gasteiger charge is 2.15. The maximum absolute atomic E-state index is 6.22. The summed E-state index contributed by atoms with van der Waals surface area (Å²) in [4.78, 5) is 11.0. The number of hydrogen-bond donors (Lipinski definition) is 0. The van der Waals surface area contributed by atoms with Crippen LogP contribution in [0.5, 0.6) is 0 Å². The molecular weight excluding hydrogens is 258 g/mol. The van der Waals surface area contributed by atoms with Crippen LogP contribution in [0, 0.1) is 6.92 Å². The van der Waals surface area contributed by atoms with E-state index in [4.69, 9.17) is 11.6 Å². The van der Waals surface area contributed by atoms with E-state index in [1.165, 1.54) is 0 Å². The van der Waals surface area contributed by atoms with Gasteiger partial charge in [0.25, 0.3) is 0 Å². The van der Waals surface area contributed by atoms with Gasteiger partial charge in [-0.2, -0.15) is 0 Å². The number of benzene rings is 1. The van der Waals surface area contributed by atoms with Crippen LogP contribution in [0.25, 0.3) is 0 Å². The smallest absolute Gasteiger partial charge is 0.140 e. The molecule has 0 aliphatic rings. The van der Waals surface area contributed by atoms with Crippen molar-refractivity contribution >= 4 is 23.1 Å². The minimum absolute atomic E-state index is 0.251. The first-order valence-electron chi connectivity index (χ1n) is 6.33. The maximum Gasteiger partial charge on any atom is 0.140 e. The lowest BCUT2D eigenvalue weighted by molar-refractivity contribution is 0.769. The largest absolute Gasteiger partial charge is 0.329 e. The van der Waals surface area contributed by atoms with E-state index in [9.17, 15) is 0 Å². The number of para-hydroxylation sites is 1. The maximum atomic E-state index is 6.22. The fourth-order valence-corrected chi connectivity index (χ4v) is 2.02. The van der Waals surface area contributed by atoms with Crippen molar-refractivity contribution < 1.29 is 0 Å². The van der Waals surface area contributed by atoms with Crippen molar-refractivity contribution in [1.82, 2.24) is 9.97 Å². The lowest BCUT2D eigenvalue weighted by Gasteiger charge is -2.22. The Morgan fingerprint density at radius 2 is 1.74 bits per heavy atom. The van der Waals surface area contributed by atoms with Crippen molar-refractivity contribution in [2.75, 3.05) is 11.9 Å². The van der Waals surface area contributed by atoms with E-state index in [1.807, 2.05) is 49.2 Å². The highest BCUT2D eigenvalue weighted by molar-refractivity contribution is 6.30. The average Bonchev–Trinajstić information content (AvgIpc) is 2.41. The summed E-state index contributed by atoms with van der Waals surface area (Å²) in [7, 11) is 1.99. The quantitative estimate of drug-likeness (QED) is 0.781. The molecule has 0 spiro atoms. The van der Waals surface area contributed by atoms with Crippen LogP contribution in [-0.4, -0.2) is 17.0 Å². The molecule has 0 fully saturated rings. The molecule has 1 heterocycles. The van der Waals surface area contributed by atoms with E-state index in [2.05, 4.69) is 23.8 Å². The first-order chi connectivity index (χ1) is 9.00. The fraction of sp³-hybridized carbons (Fsp3) is 0.333. The van der Waals surface area contributed by atoms with Crippen LogP contribution in [0.2, 0.25) is 5.15 Å². The van der Waals surface area contributed by atoms with Gasteiger partial charge in [-0.1, -0.05) is 43.6 Å². The van der Waals surface area contributed by atoms with Crippen molar-refractivity contribution in [3.05, 3.63) is 46.9 Å². The third-order valence-electron chi connectivity index (χ3n) is 3.06. The lowest BCUT2D eigenvalue weighted by Crippen LogP contribution is -2.15. The summed E-state index contributed by atoms with van der Waals surface area (Å²) in [6, 6.07) is 10.1. The van der Waals surface area contributed by atoms with Gasteiger partial charge in [-0.25, -0.2) is 9.97 Å². The molecule has 0 bridgehead atoms. The Morgan fingerprint density at radius 1 is 1.11 bits per heavy atom. The highest BCUT2D eigenvalue weighted by atomic mass is 35.5. The molecule has 19 heavy (non-hydrogen) atoms. The molecule has 2 rings (SSSR count). The summed E-state index contributed by atoms with van der Waals surface area (Å²) >= 11 is 6.22. The van der Waals surface area contributed by atoms with Gasteiger partial charge in [-0.05, 0) is 19.1 Å². The summed E-state index contributed by atoms with van der Waals surface area (Å²) in [6.45, 7) is 6.07. The van der Waals surface area contributed by atoms with Gasteiger partial charge in [0.2, 0.25) is 0 Å². The third kappa shape index (κ3) is 2.87. The summed E-state index contributed by atoms with van der Waals surface area (Å²) in [6.07, 6.45) is 0. The predicted octanol–water partition coefficient (Wildman–Crippen LogP) is 4.33. The molecule has 2 aromatic rings. The molecule has 0 saturated heterocycles. The third-order valence-corrected chi connectivity index (χ3v) is 3.42. The van der Waals surface area contributed by atoms with Gasteiger partial charge in [-0.15, -0.1) is 0 Å². The lowest BCUT2D eigenvalue weighted by atomic mass is 10.2. The van der Waals surface area contributed by atoms with E-state index in [0.29, 0.717) is 5.15 Å². The first-order valence-corrected chi connectivity index (χ1v) is 6.71. The second-order valence-corrected chi connectivity index (χ2v) is 5.23. The first kappa shape index (κ1) is 13.8. The molecule has 100 valence electrons. The zero-order valence-electron chi connectivity index (χ0n) is 11.7. The molecule has 1 aromatic heterocycles. The van der Waals surface area contributed by atoms with Crippen molar-refractivity contribution in [1.29, 1.82) is 0 Å². The van der Waals surface area contributed by atoms with Gasteiger partial charge < -0.3 is 4.90 Å². The molecule has 3 nitrogen and oxygen atoms in total. The number of rotatable bonds is 3. The van der Waals surface area contributed by atoms with E-state index < -0.39 is 0 Å². The van der Waals surface area contributed by atoms with Crippen LogP contribution in [0.3, 0.4) is 0 Å². The van der Waals surface area contributed by atoms with Crippen molar-refractivity contribution in [2.45, 2.75) is 26.7 Å². The van der Waals surface area contributed by atoms with Crippen molar-refractivity contribution in [3.63, 3.8) is 0 Å². The normalized spacial score (nSPS) is 10.8. The van der Waals surface area contributed by atoms with Crippen LogP contribution in [0.1, 0.15) is 31.2 Å². The summed E-state index contributed by atoms with van der Waals surface area (Å²) < 4.78 is 0. The molecule has 0 radical (unpaired) electrons. The molecule has 1 aromatic carbocycles. The molecule has 4 heteroatoms. The Labute approximate surface area is 119 Å². The second kappa shape index (κ2) is 5.57. The molecule has 0 N–H and O–H groups in total. The van der Waals surface area contributed by atoms with Crippen LogP contribution < -0.4 is 4.90 Å². The molecular formula is C15H18ClN3. The number of hydrogen-bond acceptors (Lipinski definition) is 3. The molecule has 0 aliphatic carbocycles.